The second kappa shape index (κ2) is 8.06. The van der Waals surface area contributed by atoms with Gasteiger partial charge in [0.1, 0.15) is 5.75 Å². The molecule has 1 aromatic heterocycles. The van der Waals surface area contributed by atoms with Gasteiger partial charge in [-0.3, -0.25) is 10.1 Å². The molecule has 1 heterocycles. The van der Waals surface area contributed by atoms with E-state index in [1.54, 1.807) is 7.11 Å². The highest BCUT2D eigenvalue weighted by Crippen LogP contribution is 2.30. The number of fused-ring (bicyclic) bond motifs is 1. The lowest BCUT2D eigenvalue weighted by atomic mass is 10.0. The number of nitrogens with one attached hydrogen (secondary N) is 1. The second-order valence-corrected chi connectivity index (χ2v) is 7.17. The molecule has 4 rings (SSSR count). The van der Waals surface area contributed by atoms with Crippen LogP contribution in [0.15, 0.2) is 78.9 Å². The van der Waals surface area contributed by atoms with Crippen LogP contribution >= 0.6 is 11.3 Å². The third-order valence-corrected chi connectivity index (χ3v) is 5.19. The number of anilines is 1. The van der Waals surface area contributed by atoms with Gasteiger partial charge in [0.15, 0.2) is 5.13 Å². The molecule has 0 spiro atoms. The fourth-order valence-corrected chi connectivity index (χ4v) is 3.75. The number of nitrogens with zero attached hydrogens (tertiary/aromatic N) is 1. The molecule has 4 aromatic rings. The van der Waals surface area contributed by atoms with Crippen LogP contribution in [0.2, 0.25) is 0 Å². The number of aromatic nitrogens is 1. The molecule has 3 aromatic carbocycles. The fraction of sp³-hybridized carbons (Fsp3) is 0.0435. The Hall–Kier alpha value is -3.44. The van der Waals surface area contributed by atoms with Crippen LogP contribution in [0.4, 0.5) is 5.13 Å². The number of ether oxygens (including phenoxy) is 1. The Bertz CT molecular complexity index is 1140. The predicted octanol–water partition coefficient (Wildman–Crippen LogP) is 5.48. The molecule has 0 saturated heterocycles. The average Bonchev–Trinajstić information content (AvgIpc) is 3.14. The largest absolute Gasteiger partial charge is 0.497 e. The fourth-order valence-electron chi connectivity index (χ4n) is 2.86. The molecule has 0 atom stereocenters. The lowest BCUT2D eigenvalue weighted by Crippen LogP contribution is -2.13. The molecule has 1 N–H and O–H groups in total. The topological polar surface area (TPSA) is 51.2 Å². The van der Waals surface area contributed by atoms with Crippen LogP contribution in [0.25, 0.3) is 21.9 Å². The lowest BCUT2D eigenvalue weighted by molar-refractivity contribution is -0.111. The van der Waals surface area contributed by atoms with Gasteiger partial charge in [0, 0.05) is 5.57 Å². The van der Waals surface area contributed by atoms with Gasteiger partial charge in [0.2, 0.25) is 0 Å². The molecular weight excluding hydrogens is 368 g/mol. The van der Waals surface area contributed by atoms with E-state index in [-0.39, 0.29) is 5.91 Å². The number of amides is 1. The molecule has 28 heavy (non-hydrogen) atoms. The first kappa shape index (κ1) is 17.9. The molecule has 0 aliphatic rings. The molecule has 0 radical (unpaired) electrons. The summed E-state index contributed by atoms with van der Waals surface area (Å²) in [6, 6.07) is 25.1. The van der Waals surface area contributed by atoms with Crippen LogP contribution in [-0.2, 0) is 4.79 Å². The average molecular weight is 386 g/mol. The zero-order valence-electron chi connectivity index (χ0n) is 15.3. The van der Waals surface area contributed by atoms with E-state index in [0.29, 0.717) is 10.7 Å². The highest BCUT2D eigenvalue weighted by Gasteiger charge is 2.15. The minimum Gasteiger partial charge on any atom is -0.497 e. The van der Waals surface area contributed by atoms with Crippen molar-refractivity contribution in [3.05, 3.63) is 90.0 Å². The summed E-state index contributed by atoms with van der Waals surface area (Å²) in [5, 5.41) is 3.51. The molecule has 0 bridgehead atoms. The number of hydrogen-bond donors (Lipinski definition) is 1. The first-order valence-electron chi connectivity index (χ1n) is 8.81. The van der Waals surface area contributed by atoms with E-state index in [1.165, 1.54) is 11.3 Å². The minimum atomic E-state index is -0.193. The van der Waals surface area contributed by atoms with Crippen LogP contribution in [0, 0.1) is 0 Å². The van der Waals surface area contributed by atoms with Crippen molar-refractivity contribution >= 4 is 44.2 Å². The van der Waals surface area contributed by atoms with Gasteiger partial charge in [-0.15, -0.1) is 0 Å². The van der Waals surface area contributed by atoms with Crippen LogP contribution in [0.1, 0.15) is 11.1 Å². The lowest BCUT2D eigenvalue weighted by Gasteiger charge is -2.08. The Morgan fingerprint density at radius 2 is 1.71 bits per heavy atom. The molecule has 0 saturated carbocycles. The van der Waals surface area contributed by atoms with E-state index in [1.807, 2.05) is 84.9 Å². The number of rotatable bonds is 5. The summed E-state index contributed by atoms with van der Waals surface area (Å²) in [6.45, 7) is 0. The van der Waals surface area contributed by atoms with Crippen LogP contribution in [-0.4, -0.2) is 18.0 Å². The molecule has 4 nitrogen and oxygen atoms in total. The smallest absolute Gasteiger partial charge is 0.258 e. The van der Waals surface area contributed by atoms with Gasteiger partial charge < -0.3 is 4.74 Å². The van der Waals surface area contributed by atoms with Crippen molar-refractivity contribution < 1.29 is 9.53 Å². The van der Waals surface area contributed by atoms with Crippen molar-refractivity contribution in [2.24, 2.45) is 0 Å². The Morgan fingerprint density at radius 3 is 2.43 bits per heavy atom. The maximum Gasteiger partial charge on any atom is 0.258 e. The van der Waals surface area contributed by atoms with Gasteiger partial charge in [-0.25, -0.2) is 4.98 Å². The quantitative estimate of drug-likeness (QED) is 0.365. The standard InChI is InChI=1S/C23H18N2O2S/c1-27-18-12-13-20-21(15-18)28-23(24-20)25-22(26)19(17-10-6-3-7-11-17)14-16-8-4-2-5-9-16/h2-15H,1H3,(H,24,25,26)/b19-14+. The Kier molecular flexibility index (Phi) is 5.17. The molecule has 5 heteroatoms. The molecule has 1 amide bonds. The maximum atomic E-state index is 13.1. The summed E-state index contributed by atoms with van der Waals surface area (Å²) >= 11 is 1.42. The third-order valence-electron chi connectivity index (χ3n) is 4.26. The summed E-state index contributed by atoms with van der Waals surface area (Å²) in [4.78, 5) is 17.6. The van der Waals surface area contributed by atoms with Gasteiger partial charge in [0.05, 0.1) is 17.3 Å². The first-order valence-corrected chi connectivity index (χ1v) is 9.63. The summed E-state index contributed by atoms with van der Waals surface area (Å²) in [5.41, 5.74) is 3.23. The van der Waals surface area contributed by atoms with Crippen molar-refractivity contribution in [3.8, 4) is 5.75 Å². The number of carbonyl (C=O) groups excluding carboxylic acids is 1. The highest BCUT2D eigenvalue weighted by atomic mass is 32.1. The Balaban J connectivity index is 1.67. The monoisotopic (exact) mass is 386 g/mol. The summed E-state index contributed by atoms with van der Waals surface area (Å²) in [5.74, 6) is 0.573. The van der Waals surface area contributed by atoms with E-state index in [2.05, 4.69) is 10.3 Å². The summed E-state index contributed by atoms with van der Waals surface area (Å²) in [6.07, 6.45) is 1.89. The van der Waals surface area contributed by atoms with E-state index in [9.17, 15) is 4.79 Å². The Labute approximate surface area is 167 Å². The maximum absolute atomic E-state index is 13.1. The number of carbonyl (C=O) groups is 1. The predicted molar refractivity (Wildman–Crippen MR) is 116 cm³/mol. The van der Waals surface area contributed by atoms with E-state index < -0.39 is 0 Å². The molecular formula is C23H18N2O2S. The van der Waals surface area contributed by atoms with Crippen molar-refractivity contribution in [3.63, 3.8) is 0 Å². The van der Waals surface area contributed by atoms with Crippen molar-refractivity contribution in [1.29, 1.82) is 0 Å². The van der Waals surface area contributed by atoms with Crippen molar-refractivity contribution in [1.82, 2.24) is 4.98 Å². The van der Waals surface area contributed by atoms with Gasteiger partial charge >= 0.3 is 0 Å². The number of hydrogen-bond acceptors (Lipinski definition) is 4. The SMILES string of the molecule is COc1ccc2nc(NC(=O)/C(=C/c3ccccc3)c3ccccc3)sc2c1. The van der Waals surface area contributed by atoms with Gasteiger partial charge in [-0.05, 0) is 35.4 Å². The Morgan fingerprint density at radius 1 is 1.00 bits per heavy atom. The number of thiazole rings is 1. The van der Waals surface area contributed by atoms with Crippen LogP contribution in [0.3, 0.4) is 0 Å². The van der Waals surface area contributed by atoms with Gasteiger partial charge in [-0.2, -0.15) is 0 Å². The third kappa shape index (κ3) is 3.94. The molecule has 0 aliphatic heterocycles. The van der Waals surface area contributed by atoms with Crippen LogP contribution < -0.4 is 10.1 Å². The zero-order valence-corrected chi connectivity index (χ0v) is 16.1. The summed E-state index contributed by atoms with van der Waals surface area (Å²) in [7, 11) is 1.63. The van der Waals surface area contributed by atoms with Gasteiger partial charge in [-0.1, -0.05) is 72.0 Å². The van der Waals surface area contributed by atoms with E-state index in [4.69, 9.17) is 4.74 Å². The zero-order chi connectivity index (χ0) is 19.3. The highest BCUT2D eigenvalue weighted by molar-refractivity contribution is 7.22. The molecule has 0 fully saturated rings. The first-order chi connectivity index (χ1) is 13.7. The molecule has 138 valence electrons. The van der Waals surface area contributed by atoms with Gasteiger partial charge in [0.25, 0.3) is 5.91 Å². The van der Waals surface area contributed by atoms with Crippen molar-refractivity contribution in [2.75, 3.05) is 12.4 Å². The van der Waals surface area contributed by atoms with Crippen molar-refractivity contribution in [2.45, 2.75) is 0 Å². The number of methoxy groups -OCH3 is 1. The molecule has 0 unspecified atom stereocenters. The second-order valence-electron chi connectivity index (χ2n) is 6.14. The van der Waals surface area contributed by atoms with Crippen LogP contribution in [0.5, 0.6) is 5.75 Å². The van der Waals surface area contributed by atoms with E-state index in [0.717, 1.165) is 27.1 Å². The van der Waals surface area contributed by atoms with E-state index >= 15 is 0 Å². The summed E-state index contributed by atoms with van der Waals surface area (Å²) < 4.78 is 6.22. The minimum absolute atomic E-state index is 0.193. The molecule has 0 aliphatic carbocycles. The number of benzene rings is 3. The normalized spacial score (nSPS) is 11.4.